The van der Waals surface area contributed by atoms with Crippen molar-refractivity contribution in [1.82, 2.24) is 5.32 Å². The molecule has 0 unspecified atom stereocenters. The van der Waals surface area contributed by atoms with E-state index in [1.807, 2.05) is 0 Å². The number of oxime groups is 1. The summed E-state index contributed by atoms with van der Waals surface area (Å²) in [6.07, 6.45) is 0.115. The molecule has 0 spiro atoms. The summed E-state index contributed by atoms with van der Waals surface area (Å²) in [6, 6.07) is 0. The maximum Gasteiger partial charge on any atom is 0.301 e. The third-order valence-electron chi connectivity index (χ3n) is 1.43. The average molecular weight is 150 g/mol. The van der Waals surface area contributed by atoms with E-state index < -0.39 is 18.2 Å². The topological polar surface area (TPSA) is 44.6 Å². The van der Waals surface area contributed by atoms with Crippen LogP contribution >= 0.6 is 0 Å². The molecular formula is C5H8F2N2O. The zero-order chi connectivity index (χ0) is 7.61. The van der Waals surface area contributed by atoms with Gasteiger partial charge >= 0.3 is 5.92 Å². The maximum atomic E-state index is 12.5. The Labute approximate surface area is 56.7 Å². The normalized spacial score (nSPS) is 28.8. The molecule has 0 bridgehead atoms. The van der Waals surface area contributed by atoms with Gasteiger partial charge in [0.1, 0.15) is 5.71 Å². The molecule has 5 heteroatoms. The number of hydrogen-bond donors (Lipinski definition) is 2. The largest absolute Gasteiger partial charge is 0.411 e. The van der Waals surface area contributed by atoms with Crippen LogP contribution in [-0.4, -0.2) is 29.9 Å². The van der Waals surface area contributed by atoms with Crippen molar-refractivity contribution >= 4 is 5.71 Å². The van der Waals surface area contributed by atoms with Gasteiger partial charge in [0.05, 0.1) is 6.54 Å². The van der Waals surface area contributed by atoms with Crippen LogP contribution < -0.4 is 5.32 Å². The first-order chi connectivity index (χ1) is 4.67. The fraction of sp³-hybridized carbons (Fsp3) is 0.800. The maximum absolute atomic E-state index is 12.5. The minimum atomic E-state index is -2.97. The van der Waals surface area contributed by atoms with E-state index in [1.165, 1.54) is 0 Å². The highest BCUT2D eigenvalue weighted by Crippen LogP contribution is 2.19. The fourth-order valence-corrected chi connectivity index (χ4v) is 0.860. The molecule has 10 heavy (non-hydrogen) atoms. The van der Waals surface area contributed by atoms with Crippen molar-refractivity contribution in [2.75, 3.05) is 13.1 Å². The average Bonchev–Trinajstić information content (AvgIpc) is 1.87. The zero-order valence-electron chi connectivity index (χ0n) is 5.27. The van der Waals surface area contributed by atoms with Gasteiger partial charge in [-0.2, -0.15) is 8.78 Å². The van der Waals surface area contributed by atoms with Gasteiger partial charge in [-0.15, -0.1) is 0 Å². The minimum absolute atomic E-state index is 0.115. The third kappa shape index (κ3) is 1.23. The van der Waals surface area contributed by atoms with E-state index >= 15 is 0 Å². The molecule has 0 aromatic heterocycles. The predicted octanol–water partition coefficient (Wildman–Crippen LogP) is 0.445. The summed E-state index contributed by atoms with van der Waals surface area (Å²) in [7, 11) is 0. The van der Waals surface area contributed by atoms with Crippen molar-refractivity contribution in [3.8, 4) is 0 Å². The number of rotatable bonds is 0. The third-order valence-corrected chi connectivity index (χ3v) is 1.43. The van der Waals surface area contributed by atoms with Crippen LogP contribution in [0.1, 0.15) is 6.42 Å². The molecule has 1 aliphatic rings. The number of piperidine rings is 1. The van der Waals surface area contributed by atoms with Crippen molar-refractivity contribution in [3.63, 3.8) is 0 Å². The summed E-state index contributed by atoms with van der Waals surface area (Å²) in [4.78, 5) is 0. The van der Waals surface area contributed by atoms with Crippen LogP contribution in [0.3, 0.4) is 0 Å². The Bertz CT molecular complexity index is 158. The molecule has 0 aromatic rings. The van der Waals surface area contributed by atoms with Crippen molar-refractivity contribution < 1.29 is 14.0 Å². The van der Waals surface area contributed by atoms with Gasteiger partial charge in [-0.05, 0) is 0 Å². The Morgan fingerprint density at radius 1 is 1.60 bits per heavy atom. The van der Waals surface area contributed by atoms with E-state index in [0.717, 1.165) is 0 Å². The molecule has 0 amide bonds. The van der Waals surface area contributed by atoms with Gasteiger partial charge in [-0.3, -0.25) is 0 Å². The second-order valence-electron chi connectivity index (χ2n) is 2.18. The Balaban J connectivity index is 2.70. The molecule has 2 N–H and O–H groups in total. The summed E-state index contributed by atoms with van der Waals surface area (Å²) in [6.45, 7) is 0.0291. The van der Waals surface area contributed by atoms with Crippen LogP contribution in [0.5, 0.6) is 0 Å². The van der Waals surface area contributed by atoms with Crippen LogP contribution in [-0.2, 0) is 0 Å². The van der Waals surface area contributed by atoms with E-state index in [2.05, 4.69) is 10.5 Å². The lowest BCUT2D eigenvalue weighted by atomic mass is 10.1. The Kier molecular flexibility index (Phi) is 1.85. The molecule has 0 saturated carbocycles. The lowest BCUT2D eigenvalue weighted by Crippen LogP contribution is -2.46. The summed E-state index contributed by atoms with van der Waals surface area (Å²) >= 11 is 0. The highest BCUT2D eigenvalue weighted by molar-refractivity contribution is 5.91. The Morgan fingerprint density at radius 2 is 2.30 bits per heavy atom. The van der Waals surface area contributed by atoms with E-state index in [-0.39, 0.29) is 6.42 Å². The van der Waals surface area contributed by atoms with Gasteiger partial charge in [0.25, 0.3) is 0 Å². The first kappa shape index (κ1) is 7.40. The molecule has 1 fully saturated rings. The molecule has 1 heterocycles. The number of halogens is 2. The van der Waals surface area contributed by atoms with Crippen molar-refractivity contribution in [1.29, 1.82) is 0 Å². The van der Waals surface area contributed by atoms with E-state index in [4.69, 9.17) is 5.21 Å². The Morgan fingerprint density at radius 3 is 2.70 bits per heavy atom. The minimum Gasteiger partial charge on any atom is -0.411 e. The highest BCUT2D eigenvalue weighted by atomic mass is 19.3. The van der Waals surface area contributed by atoms with Crippen LogP contribution in [0.25, 0.3) is 0 Å². The van der Waals surface area contributed by atoms with Crippen LogP contribution in [0.4, 0.5) is 8.78 Å². The second kappa shape index (κ2) is 2.49. The SMILES string of the molecule is ON=C1CCNCC1(F)F. The molecule has 1 aliphatic heterocycles. The molecule has 1 rings (SSSR count). The molecule has 58 valence electrons. The number of nitrogens with zero attached hydrogens (tertiary/aromatic N) is 1. The zero-order valence-corrected chi connectivity index (χ0v) is 5.27. The first-order valence-electron chi connectivity index (χ1n) is 2.97. The molecular weight excluding hydrogens is 142 g/mol. The first-order valence-corrected chi connectivity index (χ1v) is 2.97. The molecule has 3 nitrogen and oxygen atoms in total. The summed E-state index contributed by atoms with van der Waals surface area (Å²) in [5, 5.41) is 13.1. The fourth-order valence-electron chi connectivity index (χ4n) is 0.860. The number of hydrogen-bond acceptors (Lipinski definition) is 3. The summed E-state index contributed by atoms with van der Waals surface area (Å²) < 4.78 is 25.0. The summed E-state index contributed by atoms with van der Waals surface area (Å²) in [5.74, 6) is -2.97. The van der Waals surface area contributed by atoms with Gasteiger partial charge < -0.3 is 10.5 Å². The lowest BCUT2D eigenvalue weighted by Gasteiger charge is -2.22. The van der Waals surface area contributed by atoms with Crippen LogP contribution in [0, 0.1) is 0 Å². The van der Waals surface area contributed by atoms with Gasteiger partial charge in [-0.1, -0.05) is 5.16 Å². The molecule has 0 aliphatic carbocycles. The van der Waals surface area contributed by atoms with E-state index in [1.54, 1.807) is 0 Å². The second-order valence-corrected chi connectivity index (χ2v) is 2.18. The van der Waals surface area contributed by atoms with Gasteiger partial charge in [0.15, 0.2) is 0 Å². The quantitative estimate of drug-likeness (QED) is 0.389. The van der Waals surface area contributed by atoms with Gasteiger partial charge in [0, 0.05) is 13.0 Å². The monoisotopic (exact) mass is 150 g/mol. The van der Waals surface area contributed by atoms with E-state index in [0.29, 0.717) is 6.54 Å². The molecule has 0 aromatic carbocycles. The van der Waals surface area contributed by atoms with Gasteiger partial charge in [0.2, 0.25) is 0 Å². The summed E-state index contributed by atoms with van der Waals surface area (Å²) in [5.41, 5.74) is -0.425. The smallest absolute Gasteiger partial charge is 0.301 e. The molecule has 1 saturated heterocycles. The molecule has 0 atom stereocenters. The van der Waals surface area contributed by atoms with Crippen molar-refractivity contribution in [2.45, 2.75) is 12.3 Å². The predicted molar refractivity (Wildman–Crippen MR) is 31.7 cm³/mol. The molecule has 0 radical (unpaired) electrons. The van der Waals surface area contributed by atoms with Crippen LogP contribution in [0.15, 0.2) is 5.16 Å². The van der Waals surface area contributed by atoms with E-state index in [9.17, 15) is 8.78 Å². The van der Waals surface area contributed by atoms with Crippen molar-refractivity contribution in [2.24, 2.45) is 5.16 Å². The number of alkyl halides is 2. The van der Waals surface area contributed by atoms with Crippen molar-refractivity contribution in [3.05, 3.63) is 0 Å². The number of nitrogens with one attached hydrogen (secondary N) is 1. The van der Waals surface area contributed by atoms with Gasteiger partial charge in [-0.25, -0.2) is 0 Å². The lowest BCUT2D eigenvalue weighted by molar-refractivity contribution is 0.0635. The highest BCUT2D eigenvalue weighted by Gasteiger charge is 2.38. The standard InChI is InChI=1S/C5H8F2N2O/c6-5(7)3-8-2-1-4(5)9-10/h8,10H,1-3H2. The Hall–Kier alpha value is -0.710. The van der Waals surface area contributed by atoms with Crippen LogP contribution in [0.2, 0.25) is 0 Å².